The van der Waals surface area contributed by atoms with E-state index in [1.165, 1.54) is 0 Å². The van der Waals surface area contributed by atoms with Gasteiger partial charge in [0.15, 0.2) is 0 Å². The van der Waals surface area contributed by atoms with Gasteiger partial charge in [-0.1, -0.05) is 15.9 Å². The topological polar surface area (TPSA) is 41.5 Å². The Kier molecular flexibility index (Phi) is 3.71. The van der Waals surface area contributed by atoms with E-state index in [9.17, 15) is 5.11 Å². The Morgan fingerprint density at radius 3 is 2.77 bits per heavy atom. The van der Waals surface area contributed by atoms with Gasteiger partial charge in [0.25, 0.3) is 0 Å². The Labute approximate surface area is 85.8 Å². The molecule has 2 N–H and O–H groups in total. The third kappa shape index (κ3) is 2.69. The number of rotatable bonds is 3. The molecule has 0 unspecified atom stereocenters. The minimum atomic E-state index is 0.294. The summed E-state index contributed by atoms with van der Waals surface area (Å²) in [5.74, 6) is 0.294. The molecule has 0 saturated heterocycles. The second kappa shape index (κ2) is 4.60. The largest absolute Gasteiger partial charge is 0.508 e. The highest BCUT2D eigenvalue weighted by Crippen LogP contribution is 2.26. The van der Waals surface area contributed by atoms with Crippen molar-refractivity contribution < 1.29 is 9.94 Å². The number of benzene rings is 1. The summed E-state index contributed by atoms with van der Waals surface area (Å²) in [7, 11) is 1.56. The van der Waals surface area contributed by atoms with Gasteiger partial charge >= 0.3 is 0 Å². The minimum Gasteiger partial charge on any atom is -0.508 e. The molecule has 0 saturated carbocycles. The fourth-order valence-corrected chi connectivity index (χ4v) is 1.47. The monoisotopic (exact) mass is 245 g/mol. The van der Waals surface area contributed by atoms with Crippen LogP contribution in [0.3, 0.4) is 0 Å². The molecule has 0 aliphatic heterocycles. The van der Waals surface area contributed by atoms with Gasteiger partial charge in [-0.05, 0) is 24.6 Å². The average molecular weight is 246 g/mol. The van der Waals surface area contributed by atoms with E-state index < -0.39 is 0 Å². The van der Waals surface area contributed by atoms with Crippen LogP contribution >= 0.6 is 15.9 Å². The van der Waals surface area contributed by atoms with Crippen LogP contribution in [0.2, 0.25) is 0 Å². The number of nitrogens with one attached hydrogen (secondary N) is 1. The lowest BCUT2D eigenvalue weighted by molar-refractivity contribution is 0.0866. The van der Waals surface area contributed by atoms with Crippen molar-refractivity contribution in [3.63, 3.8) is 0 Å². The number of aromatic hydroxyl groups is 1. The first-order valence-electron chi connectivity index (χ1n) is 3.89. The van der Waals surface area contributed by atoms with E-state index in [1.807, 2.05) is 13.0 Å². The molecule has 0 spiro atoms. The van der Waals surface area contributed by atoms with E-state index in [4.69, 9.17) is 4.84 Å². The van der Waals surface area contributed by atoms with E-state index in [-0.39, 0.29) is 0 Å². The van der Waals surface area contributed by atoms with Crippen LogP contribution in [0.25, 0.3) is 0 Å². The molecule has 0 aromatic heterocycles. The maximum atomic E-state index is 9.48. The number of phenolic OH excluding ortho intramolecular Hbond substituents is 1. The number of halogens is 1. The highest BCUT2D eigenvalue weighted by Gasteiger charge is 2.03. The van der Waals surface area contributed by atoms with Gasteiger partial charge in [0.2, 0.25) is 0 Å². The number of hydrogen-bond acceptors (Lipinski definition) is 3. The zero-order chi connectivity index (χ0) is 9.84. The van der Waals surface area contributed by atoms with Crippen molar-refractivity contribution in [2.45, 2.75) is 13.5 Å². The Morgan fingerprint density at radius 2 is 2.23 bits per heavy atom. The van der Waals surface area contributed by atoms with Crippen LogP contribution in [-0.2, 0) is 11.4 Å². The van der Waals surface area contributed by atoms with Crippen molar-refractivity contribution in [3.8, 4) is 5.75 Å². The molecular weight excluding hydrogens is 234 g/mol. The van der Waals surface area contributed by atoms with Gasteiger partial charge in [-0.2, -0.15) is 5.48 Å². The molecular formula is C9H12BrNO2. The van der Waals surface area contributed by atoms with Crippen LogP contribution in [0.4, 0.5) is 0 Å². The molecule has 0 amide bonds. The van der Waals surface area contributed by atoms with Gasteiger partial charge in [0.05, 0.1) is 7.11 Å². The first-order chi connectivity index (χ1) is 6.15. The normalized spacial score (nSPS) is 10.4. The van der Waals surface area contributed by atoms with E-state index in [2.05, 4.69) is 21.4 Å². The van der Waals surface area contributed by atoms with Gasteiger partial charge < -0.3 is 9.94 Å². The fraction of sp³-hybridized carbons (Fsp3) is 0.333. The molecule has 0 fully saturated rings. The lowest BCUT2D eigenvalue weighted by Gasteiger charge is -2.06. The van der Waals surface area contributed by atoms with E-state index in [0.29, 0.717) is 12.3 Å². The van der Waals surface area contributed by atoms with Crippen molar-refractivity contribution >= 4 is 15.9 Å². The van der Waals surface area contributed by atoms with Crippen LogP contribution in [0.15, 0.2) is 16.6 Å². The molecule has 0 heterocycles. The standard InChI is InChI=1S/C9H12BrNO2/c1-6-8(10)3-7(4-9(6)12)5-11-13-2/h3-4,11-12H,5H2,1-2H3. The molecule has 13 heavy (non-hydrogen) atoms. The zero-order valence-electron chi connectivity index (χ0n) is 7.60. The maximum Gasteiger partial charge on any atom is 0.119 e. The molecule has 0 bridgehead atoms. The molecule has 1 aromatic carbocycles. The molecule has 0 aliphatic rings. The molecule has 1 aromatic rings. The Balaban J connectivity index is 2.86. The van der Waals surface area contributed by atoms with E-state index >= 15 is 0 Å². The molecule has 72 valence electrons. The van der Waals surface area contributed by atoms with Crippen LogP contribution in [0.5, 0.6) is 5.75 Å². The van der Waals surface area contributed by atoms with Crippen molar-refractivity contribution in [2.24, 2.45) is 0 Å². The number of phenols is 1. The summed E-state index contributed by atoms with van der Waals surface area (Å²) in [6.07, 6.45) is 0. The summed E-state index contributed by atoms with van der Waals surface area (Å²) in [5, 5.41) is 9.48. The van der Waals surface area contributed by atoms with Gasteiger partial charge in [0.1, 0.15) is 5.75 Å². The first-order valence-corrected chi connectivity index (χ1v) is 4.68. The van der Waals surface area contributed by atoms with Crippen LogP contribution < -0.4 is 5.48 Å². The van der Waals surface area contributed by atoms with E-state index in [0.717, 1.165) is 15.6 Å². The second-order valence-electron chi connectivity index (χ2n) is 2.75. The molecule has 4 heteroatoms. The summed E-state index contributed by atoms with van der Waals surface area (Å²) in [6.45, 7) is 2.43. The lowest BCUT2D eigenvalue weighted by atomic mass is 10.1. The Morgan fingerprint density at radius 1 is 1.54 bits per heavy atom. The quantitative estimate of drug-likeness (QED) is 0.802. The Bertz CT molecular complexity index is 279. The predicted molar refractivity (Wildman–Crippen MR) is 54.4 cm³/mol. The summed E-state index contributed by atoms with van der Waals surface area (Å²) in [5.41, 5.74) is 4.52. The minimum absolute atomic E-state index is 0.294. The van der Waals surface area contributed by atoms with Gasteiger partial charge in [0, 0.05) is 16.6 Å². The van der Waals surface area contributed by atoms with Crippen LogP contribution in [0.1, 0.15) is 11.1 Å². The van der Waals surface area contributed by atoms with Crippen LogP contribution in [0, 0.1) is 6.92 Å². The summed E-state index contributed by atoms with van der Waals surface area (Å²) in [4.78, 5) is 4.71. The molecule has 0 atom stereocenters. The van der Waals surface area contributed by atoms with E-state index in [1.54, 1.807) is 13.2 Å². The fourth-order valence-electron chi connectivity index (χ4n) is 0.976. The second-order valence-corrected chi connectivity index (χ2v) is 3.60. The highest BCUT2D eigenvalue weighted by molar-refractivity contribution is 9.10. The maximum absolute atomic E-state index is 9.48. The van der Waals surface area contributed by atoms with Crippen molar-refractivity contribution in [2.75, 3.05) is 7.11 Å². The van der Waals surface area contributed by atoms with Crippen molar-refractivity contribution in [1.29, 1.82) is 0 Å². The third-order valence-electron chi connectivity index (χ3n) is 1.80. The van der Waals surface area contributed by atoms with Crippen molar-refractivity contribution in [3.05, 3.63) is 27.7 Å². The highest BCUT2D eigenvalue weighted by atomic mass is 79.9. The van der Waals surface area contributed by atoms with Gasteiger partial charge in [-0.15, -0.1) is 0 Å². The Hall–Kier alpha value is -0.580. The van der Waals surface area contributed by atoms with Crippen molar-refractivity contribution in [1.82, 2.24) is 5.48 Å². The lowest BCUT2D eigenvalue weighted by Crippen LogP contribution is -2.10. The average Bonchev–Trinajstić information content (AvgIpc) is 2.10. The predicted octanol–water partition coefficient (Wildman–Crippen LogP) is 2.11. The first kappa shape index (κ1) is 10.5. The van der Waals surface area contributed by atoms with Gasteiger partial charge in [-0.25, -0.2) is 0 Å². The third-order valence-corrected chi connectivity index (χ3v) is 2.62. The molecule has 1 rings (SSSR count). The summed E-state index contributed by atoms with van der Waals surface area (Å²) < 4.78 is 0.903. The zero-order valence-corrected chi connectivity index (χ0v) is 9.18. The summed E-state index contributed by atoms with van der Waals surface area (Å²) in [6, 6.07) is 3.66. The molecule has 0 radical (unpaired) electrons. The molecule has 0 aliphatic carbocycles. The van der Waals surface area contributed by atoms with Crippen LogP contribution in [-0.4, -0.2) is 12.2 Å². The smallest absolute Gasteiger partial charge is 0.119 e. The number of hydrogen-bond donors (Lipinski definition) is 2. The SMILES string of the molecule is CONCc1cc(O)c(C)c(Br)c1. The summed E-state index contributed by atoms with van der Waals surface area (Å²) >= 11 is 3.36. The number of hydroxylamine groups is 1. The molecule has 3 nitrogen and oxygen atoms in total. The van der Waals surface area contributed by atoms with Gasteiger partial charge in [-0.3, -0.25) is 0 Å².